The van der Waals surface area contributed by atoms with E-state index in [0.717, 1.165) is 24.0 Å². The van der Waals surface area contributed by atoms with E-state index in [4.69, 9.17) is 0 Å². The Bertz CT molecular complexity index is 1260. The Morgan fingerprint density at radius 3 is 2.66 bits per heavy atom. The van der Waals surface area contributed by atoms with Gasteiger partial charge in [-0.25, -0.2) is 4.68 Å². The summed E-state index contributed by atoms with van der Waals surface area (Å²) < 4.78 is 1.31. The topological polar surface area (TPSA) is 67.2 Å². The lowest BCUT2D eigenvalue weighted by Crippen LogP contribution is -2.46. The van der Waals surface area contributed by atoms with Crippen molar-refractivity contribution >= 4 is 22.4 Å². The molecule has 0 saturated carbocycles. The van der Waals surface area contributed by atoms with Gasteiger partial charge in [0.05, 0.1) is 17.5 Å². The standard InChI is InChI=1S/C26H30N4O2/c1-15-14-29(3)16(2)25-21(15)11-17-9-10-18(12-22(17)25)27-24(31)13-23-19-7-5-6-8-20(19)26(32)30(4)28-23/h5-10,12,15-16,21,25H,11,13-14H2,1-4H3,(H,27,31). The fraction of sp³-hybridized carbons (Fsp3) is 0.423. The van der Waals surface area contributed by atoms with Gasteiger partial charge in [0.2, 0.25) is 5.91 Å². The van der Waals surface area contributed by atoms with Gasteiger partial charge in [-0.1, -0.05) is 31.2 Å². The van der Waals surface area contributed by atoms with Crippen LogP contribution in [0, 0.1) is 11.8 Å². The number of anilines is 1. The molecule has 0 spiro atoms. The van der Waals surface area contributed by atoms with E-state index in [2.05, 4.69) is 48.3 Å². The van der Waals surface area contributed by atoms with Crippen molar-refractivity contribution in [1.82, 2.24) is 14.7 Å². The van der Waals surface area contributed by atoms with Crippen molar-refractivity contribution in [3.05, 3.63) is 69.6 Å². The molecular weight excluding hydrogens is 400 g/mol. The maximum absolute atomic E-state index is 12.9. The van der Waals surface area contributed by atoms with Crippen molar-refractivity contribution in [3.8, 4) is 0 Å². The lowest BCUT2D eigenvalue weighted by molar-refractivity contribution is -0.115. The first-order valence-electron chi connectivity index (χ1n) is 11.4. The lowest BCUT2D eigenvalue weighted by atomic mass is 9.75. The largest absolute Gasteiger partial charge is 0.326 e. The third-order valence-corrected chi connectivity index (χ3v) is 7.59. The van der Waals surface area contributed by atoms with E-state index >= 15 is 0 Å². The number of fused-ring (bicyclic) bond motifs is 4. The summed E-state index contributed by atoms with van der Waals surface area (Å²) >= 11 is 0. The SMILES string of the molecule is CC1CN(C)C(C)C2c3cc(NC(=O)Cc4nn(C)c(=O)c5ccccc45)ccc3CC12. The summed E-state index contributed by atoms with van der Waals surface area (Å²) in [5.41, 5.74) is 4.08. The number of aromatic nitrogens is 2. The highest BCUT2D eigenvalue weighted by molar-refractivity contribution is 5.95. The minimum absolute atomic E-state index is 0.119. The molecule has 4 unspecified atom stereocenters. The normalized spacial score (nSPS) is 24.9. The van der Waals surface area contributed by atoms with Crippen molar-refractivity contribution in [2.75, 3.05) is 18.9 Å². The van der Waals surface area contributed by atoms with Crippen molar-refractivity contribution < 1.29 is 4.79 Å². The molecule has 1 aromatic heterocycles. The number of amides is 1. The summed E-state index contributed by atoms with van der Waals surface area (Å²) in [6.07, 6.45) is 1.25. The highest BCUT2D eigenvalue weighted by Gasteiger charge is 2.43. The van der Waals surface area contributed by atoms with Gasteiger partial charge in [-0.05, 0) is 61.6 Å². The molecule has 6 nitrogen and oxygen atoms in total. The van der Waals surface area contributed by atoms with Gasteiger partial charge in [0.15, 0.2) is 0 Å². The number of nitrogens with one attached hydrogen (secondary N) is 1. The zero-order chi connectivity index (χ0) is 22.6. The van der Waals surface area contributed by atoms with Gasteiger partial charge < -0.3 is 10.2 Å². The Morgan fingerprint density at radius 1 is 1.12 bits per heavy atom. The van der Waals surface area contributed by atoms with Crippen LogP contribution in [0.4, 0.5) is 5.69 Å². The van der Waals surface area contributed by atoms with Gasteiger partial charge in [0.1, 0.15) is 0 Å². The van der Waals surface area contributed by atoms with E-state index < -0.39 is 0 Å². The number of carbonyl (C=O) groups excluding carboxylic acids is 1. The summed E-state index contributed by atoms with van der Waals surface area (Å²) in [6, 6.07) is 14.2. The number of hydrogen-bond acceptors (Lipinski definition) is 4. The predicted molar refractivity (Wildman–Crippen MR) is 127 cm³/mol. The van der Waals surface area contributed by atoms with E-state index in [0.29, 0.717) is 34.9 Å². The van der Waals surface area contributed by atoms with Gasteiger partial charge in [-0.2, -0.15) is 5.10 Å². The van der Waals surface area contributed by atoms with Crippen LogP contribution in [0.15, 0.2) is 47.3 Å². The minimum Gasteiger partial charge on any atom is -0.326 e. The van der Waals surface area contributed by atoms with E-state index in [1.807, 2.05) is 24.3 Å². The van der Waals surface area contributed by atoms with Gasteiger partial charge >= 0.3 is 0 Å². The minimum atomic E-state index is -0.154. The molecule has 4 atom stereocenters. The van der Waals surface area contributed by atoms with E-state index in [-0.39, 0.29) is 17.9 Å². The number of piperidine rings is 1. The maximum Gasteiger partial charge on any atom is 0.274 e. The monoisotopic (exact) mass is 430 g/mol. The Morgan fingerprint density at radius 2 is 1.88 bits per heavy atom. The van der Waals surface area contributed by atoms with Crippen LogP contribution in [-0.2, 0) is 24.7 Å². The second-order valence-corrected chi connectivity index (χ2v) is 9.61. The number of nitrogens with zero attached hydrogens (tertiary/aromatic N) is 3. The fourth-order valence-corrected chi connectivity index (χ4v) is 5.85. The second kappa shape index (κ2) is 7.85. The molecule has 2 heterocycles. The molecule has 5 rings (SSSR count). The first-order valence-corrected chi connectivity index (χ1v) is 11.4. The van der Waals surface area contributed by atoms with Crippen LogP contribution >= 0.6 is 0 Å². The number of hydrogen-bond donors (Lipinski definition) is 1. The van der Waals surface area contributed by atoms with Crippen LogP contribution in [0.25, 0.3) is 10.8 Å². The molecule has 1 aliphatic carbocycles. The maximum atomic E-state index is 12.9. The van der Waals surface area contributed by atoms with Crippen LogP contribution in [-0.4, -0.2) is 40.2 Å². The number of aryl methyl sites for hydroxylation is 1. The summed E-state index contributed by atoms with van der Waals surface area (Å²) in [5.74, 6) is 1.71. The van der Waals surface area contributed by atoms with Gasteiger partial charge in [0, 0.05) is 36.6 Å². The second-order valence-electron chi connectivity index (χ2n) is 9.61. The van der Waals surface area contributed by atoms with Crippen LogP contribution in [0.2, 0.25) is 0 Å². The zero-order valence-corrected chi connectivity index (χ0v) is 19.1. The number of likely N-dealkylation sites (tertiary alicyclic amines) is 1. The summed E-state index contributed by atoms with van der Waals surface area (Å²) in [6.45, 7) is 5.82. The molecule has 32 heavy (non-hydrogen) atoms. The van der Waals surface area contributed by atoms with E-state index in [9.17, 15) is 9.59 Å². The van der Waals surface area contributed by atoms with Gasteiger partial charge in [-0.3, -0.25) is 9.59 Å². The zero-order valence-electron chi connectivity index (χ0n) is 19.1. The van der Waals surface area contributed by atoms with Crippen LogP contribution < -0.4 is 10.9 Å². The molecule has 1 saturated heterocycles. The predicted octanol–water partition coefficient (Wildman–Crippen LogP) is 3.34. The van der Waals surface area contributed by atoms with Crippen molar-refractivity contribution in [2.24, 2.45) is 18.9 Å². The molecule has 2 aromatic carbocycles. The third kappa shape index (κ3) is 3.43. The molecule has 1 N–H and O–H groups in total. The molecule has 1 amide bonds. The highest BCUT2D eigenvalue weighted by atomic mass is 16.1. The first-order chi connectivity index (χ1) is 15.3. The Balaban J connectivity index is 1.40. The van der Waals surface area contributed by atoms with Gasteiger partial charge in [-0.15, -0.1) is 0 Å². The van der Waals surface area contributed by atoms with E-state index in [1.165, 1.54) is 15.8 Å². The Kier molecular flexibility index (Phi) is 5.13. The quantitative estimate of drug-likeness (QED) is 0.692. The van der Waals surface area contributed by atoms with Crippen LogP contribution in [0.5, 0.6) is 0 Å². The van der Waals surface area contributed by atoms with E-state index in [1.54, 1.807) is 13.1 Å². The number of rotatable bonds is 3. The fourth-order valence-electron chi connectivity index (χ4n) is 5.85. The summed E-state index contributed by atoms with van der Waals surface area (Å²) in [7, 11) is 3.84. The molecule has 0 bridgehead atoms. The lowest BCUT2D eigenvalue weighted by Gasteiger charge is -2.43. The van der Waals surface area contributed by atoms with Crippen molar-refractivity contribution in [2.45, 2.75) is 38.6 Å². The molecule has 6 heteroatoms. The average molecular weight is 431 g/mol. The van der Waals surface area contributed by atoms with Gasteiger partial charge in [0.25, 0.3) is 5.56 Å². The molecule has 2 aliphatic rings. The van der Waals surface area contributed by atoms with Crippen LogP contribution in [0.1, 0.15) is 36.6 Å². The average Bonchev–Trinajstić information content (AvgIpc) is 3.15. The summed E-state index contributed by atoms with van der Waals surface area (Å²) in [5, 5.41) is 8.75. The molecule has 3 aromatic rings. The Labute approximate surface area is 188 Å². The Hall–Kier alpha value is -2.99. The molecule has 1 fully saturated rings. The smallest absolute Gasteiger partial charge is 0.274 e. The molecular formula is C26H30N4O2. The number of carbonyl (C=O) groups is 1. The van der Waals surface area contributed by atoms with Crippen LogP contribution in [0.3, 0.4) is 0 Å². The number of benzene rings is 2. The highest BCUT2D eigenvalue weighted by Crippen LogP contribution is 2.48. The van der Waals surface area contributed by atoms with Crippen molar-refractivity contribution in [1.29, 1.82) is 0 Å². The molecule has 0 radical (unpaired) electrons. The number of likely N-dealkylation sites (N-methyl/N-ethyl adjacent to an activating group) is 1. The first kappa shape index (κ1) is 20.9. The molecule has 166 valence electrons. The third-order valence-electron chi connectivity index (χ3n) is 7.59. The summed E-state index contributed by atoms with van der Waals surface area (Å²) in [4.78, 5) is 27.7. The molecule has 1 aliphatic heterocycles. The van der Waals surface area contributed by atoms with Crippen molar-refractivity contribution in [3.63, 3.8) is 0 Å².